The van der Waals surface area contributed by atoms with Crippen molar-refractivity contribution in [1.82, 2.24) is 5.32 Å². The van der Waals surface area contributed by atoms with Gasteiger partial charge in [-0.2, -0.15) is 11.8 Å². The summed E-state index contributed by atoms with van der Waals surface area (Å²) >= 11 is 8.05. The molecular formula is C16H26ClNOS. The molecule has 0 aromatic heterocycles. The Morgan fingerprint density at radius 2 is 2.05 bits per heavy atom. The van der Waals surface area contributed by atoms with E-state index in [1.807, 2.05) is 30.0 Å². The Morgan fingerprint density at radius 3 is 2.70 bits per heavy atom. The molecule has 1 atom stereocenters. The van der Waals surface area contributed by atoms with Crippen molar-refractivity contribution in [3.8, 4) is 0 Å². The molecule has 0 aliphatic rings. The van der Waals surface area contributed by atoms with E-state index in [-0.39, 0.29) is 12.1 Å². The summed E-state index contributed by atoms with van der Waals surface area (Å²) in [6, 6.07) is 8.03. The molecule has 1 aromatic rings. The van der Waals surface area contributed by atoms with Crippen LogP contribution in [0.15, 0.2) is 24.3 Å². The fraction of sp³-hybridized carbons (Fsp3) is 0.625. The van der Waals surface area contributed by atoms with Gasteiger partial charge in [0.05, 0.1) is 6.61 Å². The zero-order chi connectivity index (χ0) is 14.8. The van der Waals surface area contributed by atoms with Gasteiger partial charge in [0.2, 0.25) is 0 Å². The second kappa shape index (κ2) is 9.67. The van der Waals surface area contributed by atoms with Crippen LogP contribution in [0.1, 0.15) is 38.7 Å². The van der Waals surface area contributed by atoms with Gasteiger partial charge in [0, 0.05) is 16.3 Å². The maximum Gasteiger partial charge on any atom is 0.0610 e. The lowest BCUT2D eigenvalue weighted by Gasteiger charge is -2.28. The quantitative estimate of drug-likeness (QED) is 0.637. The Hall–Kier alpha value is -0.220. The van der Waals surface area contributed by atoms with Crippen molar-refractivity contribution in [2.24, 2.45) is 0 Å². The normalized spacial score (nSPS) is 14.2. The number of halogens is 1. The van der Waals surface area contributed by atoms with Crippen molar-refractivity contribution in [2.75, 3.05) is 18.9 Å². The molecule has 1 rings (SSSR count). The lowest BCUT2D eigenvalue weighted by atomic mass is 9.96. The van der Waals surface area contributed by atoms with Gasteiger partial charge in [-0.3, -0.25) is 0 Å². The first-order valence-electron chi connectivity index (χ1n) is 7.28. The van der Waals surface area contributed by atoms with E-state index in [4.69, 9.17) is 11.6 Å². The van der Waals surface area contributed by atoms with E-state index in [9.17, 15) is 5.11 Å². The van der Waals surface area contributed by atoms with Crippen LogP contribution in [0.4, 0.5) is 0 Å². The number of nitrogens with one attached hydrogen (secondary N) is 1. The average molecular weight is 316 g/mol. The molecule has 0 heterocycles. The first-order valence-corrected chi connectivity index (χ1v) is 8.81. The maximum atomic E-state index is 9.42. The Labute approximate surface area is 132 Å². The number of hydrogen-bond donors (Lipinski definition) is 2. The van der Waals surface area contributed by atoms with Crippen LogP contribution in [-0.2, 0) is 5.75 Å². The van der Waals surface area contributed by atoms with Crippen LogP contribution in [-0.4, -0.2) is 29.5 Å². The van der Waals surface area contributed by atoms with Crippen molar-refractivity contribution in [2.45, 2.75) is 44.4 Å². The molecule has 114 valence electrons. The number of aliphatic hydroxyl groups excluding tert-OH is 1. The highest BCUT2D eigenvalue weighted by Crippen LogP contribution is 2.22. The number of aliphatic hydroxyl groups is 1. The molecule has 0 fully saturated rings. The van der Waals surface area contributed by atoms with E-state index in [0.29, 0.717) is 0 Å². The first kappa shape index (κ1) is 17.8. The summed E-state index contributed by atoms with van der Waals surface area (Å²) in [4.78, 5) is 0. The monoisotopic (exact) mass is 315 g/mol. The van der Waals surface area contributed by atoms with Gasteiger partial charge in [0.25, 0.3) is 0 Å². The predicted octanol–water partition coefficient (Wildman–Crippen LogP) is 4.10. The van der Waals surface area contributed by atoms with Gasteiger partial charge in [-0.1, -0.05) is 43.1 Å². The zero-order valence-electron chi connectivity index (χ0n) is 12.5. The average Bonchev–Trinajstić information content (AvgIpc) is 2.45. The molecular weight excluding hydrogens is 290 g/mol. The molecule has 0 spiro atoms. The van der Waals surface area contributed by atoms with Crippen LogP contribution < -0.4 is 5.32 Å². The highest BCUT2D eigenvalue weighted by atomic mass is 35.5. The molecule has 2 nitrogen and oxygen atoms in total. The van der Waals surface area contributed by atoms with Gasteiger partial charge < -0.3 is 10.4 Å². The van der Waals surface area contributed by atoms with Gasteiger partial charge in [-0.25, -0.2) is 0 Å². The van der Waals surface area contributed by atoms with Crippen LogP contribution in [0.2, 0.25) is 5.02 Å². The van der Waals surface area contributed by atoms with Gasteiger partial charge in [0.1, 0.15) is 0 Å². The van der Waals surface area contributed by atoms with Crippen molar-refractivity contribution in [1.29, 1.82) is 0 Å². The van der Waals surface area contributed by atoms with Crippen LogP contribution >= 0.6 is 23.4 Å². The standard InChI is InChI=1S/C16H26ClNOS/c1-3-18-16(2,13-19)10-6-7-11-20-12-14-8-4-5-9-15(14)17/h4-5,8-9,18-19H,3,6-7,10-13H2,1-2H3. The number of likely N-dealkylation sites (N-methyl/N-ethyl adjacent to an activating group) is 1. The molecule has 1 unspecified atom stereocenters. The number of unbranched alkanes of at least 4 members (excludes halogenated alkanes) is 1. The third kappa shape index (κ3) is 6.49. The van der Waals surface area contributed by atoms with Gasteiger partial charge in [0.15, 0.2) is 0 Å². The summed E-state index contributed by atoms with van der Waals surface area (Å²) < 4.78 is 0. The lowest BCUT2D eigenvalue weighted by molar-refractivity contribution is 0.165. The second-order valence-electron chi connectivity index (χ2n) is 5.35. The predicted molar refractivity (Wildman–Crippen MR) is 90.6 cm³/mol. The highest BCUT2D eigenvalue weighted by Gasteiger charge is 2.20. The molecule has 1 aromatic carbocycles. The molecule has 0 amide bonds. The number of benzene rings is 1. The van der Waals surface area contributed by atoms with Crippen molar-refractivity contribution in [3.05, 3.63) is 34.9 Å². The Balaban J connectivity index is 2.15. The number of thioether (sulfide) groups is 1. The molecule has 4 heteroatoms. The summed E-state index contributed by atoms with van der Waals surface area (Å²) in [6.45, 7) is 5.27. The summed E-state index contributed by atoms with van der Waals surface area (Å²) in [5.74, 6) is 2.11. The molecule has 2 N–H and O–H groups in total. The minimum atomic E-state index is -0.123. The van der Waals surface area contributed by atoms with E-state index in [1.54, 1.807) is 0 Å². The van der Waals surface area contributed by atoms with Crippen molar-refractivity contribution in [3.63, 3.8) is 0 Å². The smallest absolute Gasteiger partial charge is 0.0610 e. The SMILES string of the molecule is CCNC(C)(CO)CCCCSCc1ccccc1Cl. The Morgan fingerprint density at radius 1 is 1.30 bits per heavy atom. The summed E-state index contributed by atoms with van der Waals surface area (Å²) in [5.41, 5.74) is 1.09. The Bertz CT molecular complexity index is 388. The van der Waals surface area contributed by atoms with Crippen LogP contribution in [0.5, 0.6) is 0 Å². The minimum absolute atomic E-state index is 0.123. The zero-order valence-corrected chi connectivity index (χ0v) is 14.1. The van der Waals surface area contributed by atoms with Crippen molar-refractivity contribution >= 4 is 23.4 Å². The van der Waals surface area contributed by atoms with Gasteiger partial charge >= 0.3 is 0 Å². The second-order valence-corrected chi connectivity index (χ2v) is 6.86. The lowest BCUT2D eigenvalue weighted by Crippen LogP contribution is -2.45. The fourth-order valence-corrected chi connectivity index (χ4v) is 3.47. The molecule has 20 heavy (non-hydrogen) atoms. The van der Waals surface area contributed by atoms with E-state index in [1.165, 1.54) is 12.0 Å². The molecule has 0 aliphatic carbocycles. The minimum Gasteiger partial charge on any atom is -0.394 e. The maximum absolute atomic E-state index is 9.42. The van der Waals surface area contributed by atoms with Crippen LogP contribution in [0, 0.1) is 0 Å². The topological polar surface area (TPSA) is 32.3 Å². The van der Waals surface area contributed by atoms with E-state index in [2.05, 4.69) is 25.2 Å². The third-order valence-corrected chi connectivity index (χ3v) is 4.90. The molecule has 0 aliphatic heterocycles. The summed E-state index contributed by atoms with van der Waals surface area (Å²) in [7, 11) is 0. The van der Waals surface area contributed by atoms with E-state index >= 15 is 0 Å². The van der Waals surface area contributed by atoms with E-state index < -0.39 is 0 Å². The summed E-state index contributed by atoms with van der Waals surface area (Å²) in [5, 5.41) is 13.6. The Kier molecular flexibility index (Phi) is 8.62. The molecule has 0 saturated heterocycles. The van der Waals surface area contributed by atoms with Gasteiger partial charge in [-0.05, 0) is 43.7 Å². The molecule has 0 radical (unpaired) electrons. The van der Waals surface area contributed by atoms with E-state index in [0.717, 1.165) is 35.9 Å². The van der Waals surface area contributed by atoms with Crippen LogP contribution in [0.3, 0.4) is 0 Å². The highest BCUT2D eigenvalue weighted by molar-refractivity contribution is 7.98. The van der Waals surface area contributed by atoms with Crippen molar-refractivity contribution < 1.29 is 5.11 Å². The third-order valence-electron chi connectivity index (χ3n) is 3.44. The molecule has 0 saturated carbocycles. The fourth-order valence-electron chi connectivity index (χ4n) is 2.17. The summed E-state index contributed by atoms with van der Waals surface area (Å²) in [6.07, 6.45) is 3.33. The number of rotatable bonds is 10. The van der Waals surface area contributed by atoms with Crippen LogP contribution in [0.25, 0.3) is 0 Å². The molecule has 0 bridgehead atoms. The number of hydrogen-bond acceptors (Lipinski definition) is 3. The largest absolute Gasteiger partial charge is 0.394 e. The van der Waals surface area contributed by atoms with Gasteiger partial charge in [-0.15, -0.1) is 0 Å². The first-order chi connectivity index (χ1) is 9.61.